The summed E-state index contributed by atoms with van der Waals surface area (Å²) in [5, 5.41) is 3.21. The molecular weight excluding hydrogens is 158 g/mol. The van der Waals surface area contributed by atoms with Crippen molar-refractivity contribution in [2.24, 2.45) is 0 Å². The van der Waals surface area contributed by atoms with Crippen LogP contribution in [0.2, 0.25) is 0 Å². The third-order valence-corrected chi connectivity index (χ3v) is 2.03. The van der Waals surface area contributed by atoms with Crippen molar-refractivity contribution in [1.29, 1.82) is 0 Å². The topological polar surface area (TPSA) is 29.1 Å². The Morgan fingerprint density at radius 2 is 2.09 bits per heavy atom. The zero-order chi connectivity index (χ0) is 8.85. The summed E-state index contributed by atoms with van der Waals surface area (Å²) in [4.78, 5) is 11.0. The average Bonchev–Trinajstić information content (AvgIpc) is 1.86. The van der Waals surface area contributed by atoms with Crippen molar-refractivity contribution in [3.8, 4) is 0 Å². The quantitative estimate of drug-likeness (QED) is 0.683. The minimum absolute atomic E-state index is 0.0324. The lowest BCUT2D eigenvalue weighted by molar-refractivity contribution is -0.118. The van der Waals surface area contributed by atoms with Crippen molar-refractivity contribution in [2.45, 2.75) is 32.9 Å². The summed E-state index contributed by atoms with van der Waals surface area (Å²) in [6, 6.07) is 0.418. The van der Waals surface area contributed by atoms with Crippen LogP contribution in [-0.4, -0.2) is 29.9 Å². The lowest BCUT2D eigenvalue weighted by atomic mass is 10.2. The van der Waals surface area contributed by atoms with Gasteiger partial charge in [-0.2, -0.15) is 11.8 Å². The van der Waals surface area contributed by atoms with Crippen molar-refractivity contribution in [2.75, 3.05) is 12.0 Å². The van der Waals surface area contributed by atoms with E-state index in [1.165, 1.54) is 0 Å². The first kappa shape index (κ1) is 11.0. The zero-order valence-corrected chi connectivity index (χ0v) is 8.49. The molecule has 0 saturated carbocycles. The van der Waals surface area contributed by atoms with Gasteiger partial charge < -0.3 is 5.32 Å². The molecule has 2 nitrogen and oxygen atoms in total. The normalized spacial score (nSPS) is 13.5. The number of rotatable bonds is 5. The highest BCUT2D eigenvalue weighted by atomic mass is 32.2. The van der Waals surface area contributed by atoms with Crippen LogP contribution in [0.25, 0.3) is 0 Å². The maximum atomic E-state index is 11.0. The van der Waals surface area contributed by atoms with Gasteiger partial charge in [-0.25, -0.2) is 0 Å². The second-order valence-electron chi connectivity index (χ2n) is 2.94. The Kier molecular flexibility index (Phi) is 5.60. The highest BCUT2D eigenvalue weighted by Gasteiger charge is 2.13. The Labute approximate surface area is 73.1 Å². The van der Waals surface area contributed by atoms with Crippen molar-refractivity contribution in [1.82, 2.24) is 5.32 Å². The van der Waals surface area contributed by atoms with Gasteiger partial charge in [-0.15, -0.1) is 0 Å². The highest BCUT2D eigenvalue weighted by Crippen LogP contribution is 1.99. The van der Waals surface area contributed by atoms with Crippen LogP contribution >= 0.6 is 11.8 Å². The fraction of sp³-hybridized carbons (Fsp3) is 0.875. The van der Waals surface area contributed by atoms with E-state index in [-0.39, 0.29) is 11.8 Å². The van der Waals surface area contributed by atoms with Crippen LogP contribution in [0.4, 0.5) is 0 Å². The fourth-order valence-corrected chi connectivity index (χ4v) is 1.52. The molecule has 1 unspecified atom stereocenters. The number of thioether (sulfide) groups is 1. The van der Waals surface area contributed by atoms with Crippen LogP contribution in [-0.2, 0) is 4.79 Å². The van der Waals surface area contributed by atoms with Crippen molar-refractivity contribution >= 4 is 17.5 Å². The minimum atomic E-state index is 0.0324. The molecule has 0 radical (unpaired) electrons. The van der Waals surface area contributed by atoms with Gasteiger partial charge in [-0.05, 0) is 13.2 Å². The van der Waals surface area contributed by atoms with E-state index in [1.54, 1.807) is 18.7 Å². The summed E-state index contributed by atoms with van der Waals surface area (Å²) in [7, 11) is 0. The van der Waals surface area contributed by atoms with Gasteiger partial charge >= 0.3 is 0 Å². The molecule has 0 spiro atoms. The number of Topliss-reactive ketones (excluding diaryl/α,β-unsaturated/α-hetero) is 1. The van der Waals surface area contributed by atoms with E-state index in [9.17, 15) is 4.79 Å². The summed E-state index contributed by atoms with van der Waals surface area (Å²) in [6.45, 7) is 5.74. The zero-order valence-electron chi connectivity index (χ0n) is 7.68. The summed E-state index contributed by atoms with van der Waals surface area (Å²) in [5.74, 6) is 1.10. The van der Waals surface area contributed by atoms with E-state index < -0.39 is 0 Å². The maximum absolute atomic E-state index is 11.0. The standard InChI is InChI=1S/C8H17NOS/c1-6(2)9-8(5-11-4)7(3)10/h6,8-9H,5H2,1-4H3. The number of hydrogen-bond donors (Lipinski definition) is 1. The molecule has 0 aromatic heterocycles. The number of carbonyl (C=O) groups excluding carboxylic acids is 1. The summed E-state index contributed by atoms with van der Waals surface area (Å²) in [6.07, 6.45) is 2.01. The molecule has 0 bridgehead atoms. The molecule has 11 heavy (non-hydrogen) atoms. The van der Waals surface area contributed by atoms with E-state index >= 15 is 0 Å². The SMILES string of the molecule is CSCC(NC(C)C)C(C)=O. The van der Waals surface area contributed by atoms with Gasteiger partial charge in [0.25, 0.3) is 0 Å². The van der Waals surface area contributed by atoms with Crippen molar-refractivity contribution in [3.05, 3.63) is 0 Å². The van der Waals surface area contributed by atoms with Gasteiger partial charge in [0.1, 0.15) is 5.78 Å². The Morgan fingerprint density at radius 1 is 1.55 bits per heavy atom. The first-order valence-corrected chi connectivity index (χ1v) is 5.22. The first-order valence-electron chi connectivity index (χ1n) is 3.83. The Morgan fingerprint density at radius 3 is 2.36 bits per heavy atom. The predicted octanol–water partition coefficient (Wildman–Crippen LogP) is 1.30. The number of ketones is 1. The predicted molar refractivity (Wildman–Crippen MR) is 51.1 cm³/mol. The molecule has 3 heteroatoms. The fourth-order valence-electron chi connectivity index (χ4n) is 0.852. The molecule has 0 aliphatic rings. The molecule has 0 aromatic carbocycles. The van der Waals surface area contributed by atoms with Gasteiger partial charge in [0.05, 0.1) is 6.04 Å². The van der Waals surface area contributed by atoms with E-state index in [4.69, 9.17) is 0 Å². The van der Waals surface area contributed by atoms with Crippen LogP contribution in [0, 0.1) is 0 Å². The average molecular weight is 175 g/mol. The van der Waals surface area contributed by atoms with E-state index in [0.717, 1.165) is 5.75 Å². The molecule has 1 atom stereocenters. The lowest BCUT2D eigenvalue weighted by Gasteiger charge is -2.17. The molecule has 0 rings (SSSR count). The second-order valence-corrected chi connectivity index (χ2v) is 3.85. The Balaban J connectivity index is 3.79. The third kappa shape index (κ3) is 5.27. The number of carbonyl (C=O) groups is 1. The maximum Gasteiger partial charge on any atom is 0.147 e. The van der Waals surface area contributed by atoms with Crippen LogP contribution < -0.4 is 5.32 Å². The van der Waals surface area contributed by atoms with Gasteiger partial charge in [0.2, 0.25) is 0 Å². The number of hydrogen-bond acceptors (Lipinski definition) is 3. The Hall–Kier alpha value is -0.0200. The summed E-state index contributed by atoms with van der Waals surface area (Å²) >= 11 is 1.70. The smallest absolute Gasteiger partial charge is 0.147 e. The number of nitrogens with one attached hydrogen (secondary N) is 1. The first-order chi connectivity index (χ1) is 5.07. The summed E-state index contributed by atoms with van der Waals surface area (Å²) in [5.41, 5.74) is 0. The lowest BCUT2D eigenvalue weighted by Crippen LogP contribution is -2.41. The molecule has 0 saturated heterocycles. The third-order valence-electron chi connectivity index (χ3n) is 1.36. The molecule has 0 aliphatic carbocycles. The largest absolute Gasteiger partial charge is 0.305 e. The van der Waals surface area contributed by atoms with Crippen LogP contribution in [0.3, 0.4) is 0 Å². The molecule has 0 aliphatic heterocycles. The monoisotopic (exact) mass is 175 g/mol. The van der Waals surface area contributed by atoms with Crippen LogP contribution in [0.15, 0.2) is 0 Å². The Bertz CT molecular complexity index is 125. The van der Waals surface area contributed by atoms with Gasteiger partial charge in [-0.3, -0.25) is 4.79 Å². The van der Waals surface area contributed by atoms with E-state index in [1.807, 2.05) is 6.26 Å². The van der Waals surface area contributed by atoms with Crippen molar-refractivity contribution in [3.63, 3.8) is 0 Å². The highest BCUT2D eigenvalue weighted by molar-refractivity contribution is 7.98. The molecule has 0 aromatic rings. The van der Waals surface area contributed by atoms with Gasteiger partial charge in [0.15, 0.2) is 0 Å². The second kappa shape index (κ2) is 5.61. The molecule has 0 amide bonds. The van der Waals surface area contributed by atoms with Crippen molar-refractivity contribution < 1.29 is 4.79 Å². The molecule has 0 fully saturated rings. The van der Waals surface area contributed by atoms with Gasteiger partial charge in [0, 0.05) is 11.8 Å². The minimum Gasteiger partial charge on any atom is -0.305 e. The summed E-state index contributed by atoms with van der Waals surface area (Å²) < 4.78 is 0. The van der Waals surface area contributed by atoms with E-state index in [2.05, 4.69) is 19.2 Å². The van der Waals surface area contributed by atoms with E-state index in [0.29, 0.717) is 6.04 Å². The molecule has 1 N–H and O–H groups in total. The molecule has 0 heterocycles. The molecule has 66 valence electrons. The molecular formula is C8H17NOS. The van der Waals surface area contributed by atoms with Crippen LogP contribution in [0.1, 0.15) is 20.8 Å². The van der Waals surface area contributed by atoms with Gasteiger partial charge in [-0.1, -0.05) is 13.8 Å². The van der Waals surface area contributed by atoms with Crippen LogP contribution in [0.5, 0.6) is 0 Å².